The molecule has 2 aliphatic heterocycles. The molecular formula is C47H43BrN4. The van der Waals surface area contributed by atoms with Crippen LogP contribution < -0.4 is 0 Å². The van der Waals surface area contributed by atoms with Crippen molar-refractivity contribution in [3.05, 3.63) is 138 Å². The molecule has 3 aromatic heterocycles. The van der Waals surface area contributed by atoms with E-state index >= 15 is 0 Å². The third-order valence-electron chi connectivity index (χ3n) is 10.5. The van der Waals surface area contributed by atoms with Crippen molar-refractivity contribution in [2.24, 2.45) is 0 Å². The van der Waals surface area contributed by atoms with Crippen molar-refractivity contribution in [1.29, 1.82) is 0 Å². The molecular weight excluding hydrogens is 700 g/mol. The minimum absolute atomic E-state index is 0.873. The van der Waals surface area contributed by atoms with E-state index in [1.165, 1.54) is 66.8 Å². The topological polar surface area (TPSA) is 57.4 Å². The van der Waals surface area contributed by atoms with Crippen LogP contribution in [0.4, 0.5) is 0 Å². The zero-order chi connectivity index (χ0) is 36.6. The van der Waals surface area contributed by atoms with Gasteiger partial charge in [0.15, 0.2) is 0 Å². The second kappa shape index (κ2) is 12.8. The SMILES string of the molecule is Cc1cc(C)c(-c2c3nc(c(-c4c(C)cc(C)cc4C)c4ccc([nH]4)c(-c4c(C)cc(C)cc4C)c4nc(c(Br)c5ccc2[nH]5)C=C4)C=C3)c(C)c1. The number of aryl methyl sites for hydroxylation is 9. The van der Waals surface area contributed by atoms with Gasteiger partial charge in [0.2, 0.25) is 0 Å². The molecule has 2 N–H and O–H groups in total. The van der Waals surface area contributed by atoms with Crippen LogP contribution in [0.5, 0.6) is 0 Å². The van der Waals surface area contributed by atoms with Gasteiger partial charge in [-0.15, -0.1) is 0 Å². The first-order valence-electron chi connectivity index (χ1n) is 17.9. The Labute approximate surface area is 314 Å². The highest BCUT2D eigenvalue weighted by atomic mass is 79.9. The van der Waals surface area contributed by atoms with Gasteiger partial charge in [0.1, 0.15) is 0 Å². The number of nitrogens with zero attached hydrogens (tertiary/aromatic N) is 2. The maximum atomic E-state index is 5.53. The van der Waals surface area contributed by atoms with Crippen LogP contribution in [-0.2, 0) is 0 Å². The van der Waals surface area contributed by atoms with Crippen molar-refractivity contribution in [3.63, 3.8) is 0 Å². The Balaban J connectivity index is 1.60. The van der Waals surface area contributed by atoms with Crippen LogP contribution in [0.25, 0.3) is 79.8 Å². The molecule has 0 radical (unpaired) electrons. The first kappa shape index (κ1) is 33.9. The van der Waals surface area contributed by atoms with E-state index in [1.807, 2.05) is 0 Å². The highest BCUT2D eigenvalue weighted by Crippen LogP contribution is 2.41. The summed E-state index contributed by atoms with van der Waals surface area (Å²) in [4.78, 5) is 18.5. The number of benzene rings is 3. The van der Waals surface area contributed by atoms with Gasteiger partial charge in [-0.3, -0.25) is 0 Å². The molecule has 0 unspecified atom stereocenters. The van der Waals surface area contributed by atoms with E-state index in [1.54, 1.807) is 0 Å². The number of hydrogen-bond donors (Lipinski definition) is 2. The largest absolute Gasteiger partial charge is 0.354 e. The first-order valence-corrected chi connectivity index (χ1v) is 18.7. The third-order valence-corrected chi connectivity index (χ3v) is 11.3. The van der Waals surface area contributed by atoms with Crippen molar-refractivity contribution in [3.8, 4) is 33.4 Å². The predicted octanol–water partition coefficient (Wildman–Crippen LogP) is 13.2. The number of hydrogen-bond acceptors (Lipinski definition) is 2. The van der Waals surface area contributed by atoms with Gasteiger partial charge >= 0.3 is 0 Å². The molecule has 52 heavy (non-hydrogen) atoms. The molecule has 0 fully saturated rings. The van der Waals surface area contributed by atoms with E-state index in [0.29, 0.717) is 0 Å². The van der Waals surface area contributed by atoms with Crippen LogP contribution >= 0.6 is 15.9 Å². The van der Waals surface area contributed by atoms with E-state index in [4.69, 9.17) is 9.97 Å². The second-order valence-corrected chi connectivity index (χ2v) is 15.6. The van der Waals surface area contributed by atoms with Crippen LogP contribution in [0.3, 0.4) is 0 Å². The average molecular weight is 744 g/mol. The van der Waals surface area contributed by atoms with Crippen molar-refractivity contribution in [1.82, 2.24) is 19.9 Å². The molecule has 6 aromatic rings. The van der Waals surface area contributed by atoms with Crippen molar-refractivity contribution in [2.45, 2.75) is 62.3 Å². The summed E-state index contributed by atoms with van der Waals surface area (Å²) in [6, 6.07) is 22.4. The fourth-order valence-electron chi connectivity index (χ4n) is 8.68. The molecule has 3 aromatic carbocycles. The standard InChI is InChI=1S/C47H43BrN4/c1-24-18-27(4)41(28(5)19-24)44-33-10-12-35(49-33)45(42-29(6)20-25(2)21-30(42)7)37-14-16-39(51-37)47(48)40-17-15-38(52-40)46(36-13-11-34(44)50-36)43-31(8)22-26(3)23-32(43)9/h10-23,49,52H,1-9H3. The van der Waals surface area contributed by atoms with Gasteiger partial charge in [-0.1, -0.05) is 53.1 Å². The molecule has 0 amide bonds. The zero-order valence-electron chi connectivity index (χ0n) is 31.4. The summed E-state index contributed by atoms with van der Waals surface area (Å²) < 4.78 is 0.912. The predicted molar refractivity (Wildman–Crippen MR) is 225 cm³/mol. The number of nitrogens with one attached hydrogen (secondary N) is 2. The van der Waals surface area contributed by atoms with Crippen molar-refractivity contribution < 1.29 is 0 Å². The summed E-state index contributed by atoms with van der Waals surface area (Å²) in [5.41, 5.74) is 25.6. The van der Waals surface area contributed by atoms with Crippen LogP contribution in [0, 0.1) is 62.3 Å². The van der Waals surface area contributed by atoms with Crippen LogP contribution in [-0.4, -0.2) is 19.9 Å². The number of fused-ring (bicyclic) bond motifs is 8. The molecule has 8 rings (SSSR count). The molecule has 5 heterocycles. The molecule has 8 bridgehead atoms. The van der Waals surface area contributed by atoms with E-state index < -0.39 is 0 Å². The fourth-order valence-corrected chi connectivity index (χ4v) is 9.14. The maximum Gasteiger partial charge on any atom is 0.0801 e. The number of halogens is 1. The van der Waals surface area contributed by atoms with Gasteiger partial charge in [0, 0.05) is 33.2 Å². The van der Waals surface area contributed by atoms with E-state index in [-0.39, 0.29) is 0 Å². The number of rotatable bonds is 3. The lowest BCUT2D eigenvalue weighted by Crippen LogP contribution is -1.95. The summed E-state index contributed by atoms with van der Waals surface area (Å²) in [6.07, 6.45) is 8.63. The third kappa shape index (κ3) is 5.68. The van der Waals surface area contributed by atoms with Crippen LogP contribution in [0.1, 0.15) is 72.8 Å². The average Bonchev–Trinajstić information content (AvgIpc) is 3.89. The summed E-state index contributed by atoms with van der Waals surface area (Å²) >= 11 is 3.96. The van der Waals surface area contributed by atoms with E-state index in [2.05, 4.69) is 173 Å². The van der Waals surface area contributed by atoms with Gasteiger partial charge < -0.3 is 9.97 Å². The number of H-pyrrole nitrogens is 2. The first-order chi connectivity index (χ1) is 24.9. The lowest BCUT2D eigenvalue weighted by atomic mass is 9.92. The lowest BCUT2D eigenvalue weighted by molar-refractivity contribution is 1.27. The summed E-state index contributed by atoms with van der Waals surface area (Å²) in [5.74, 6) is 0. The molecule has 0 saturated heterocycles. The molecule has 258 valence electrons. The quantitative estimate of drug-likeness (QED) is 0.189. The molecule has 0 spiro atoms. The monoisotopic (exact) mass is 742 g/mol. The van der Waals surface area contributed by atoms with Gasteiger partial charge in [-0.25, -0.2) is 9.97 Å². The fraction of sp³-hybridized carbons (Fsp3) is 0.191. The molecule has 0 saturated carbocycles. The Morgan fingerprint density at radius 3 is 0.981 bits per heavy atom. The number of aromatic nitrogens is 4. The van der Waals surface area contributed by atoms with E-state index in [0.717, 1.165) is 66.0 Å². The second-order valence-electron chi connectivity index (χ2n) is 14.8. The summed E-state index contributed by atoms with van der Waals surface area (Å²) in [7, 11) is 0. The Morgan fingerprint density at radius 2 is 0.635 bits per heavy atom. The van der Waals surface area contributed by atoms with Crippen LogP contribution in [0.15, 0.2) is 65.1 Å². The number of aromatic amines is 2. The van der Waals surface area contributed by atoms with Crippen LogP contribution in [0.2, 0.25) is 0 Å². The smallest absolute Gasteiger partial charge is 0.0801 e. The zero-order valence-corrected chi connectivity index (χ0v) is 32.9. The van der Waals surface area contributed by atoms with Gasteiger partial charge in [-0.2, -0.15) is 0 Å². The van der Waals surface area contributed by atoms with Gasteiger partial charge in [-0.05, 0) is 177 Å². The Bertz CT molecular complexity index is 2610. The molecule has 5 heteroatoms. The maximum absolute atomic E-state index is 5.53. The Kier molecular flexibility index (Phi) is 8.30. The summed E-state index contributed by atoms with van der Waals surface area (Å²) in [6.45, 7) is 19.7. The Morgan fingerprint density at radius 1 is 0.365 bits per heavy atom. The van der Waals surface area contributed by atoms with Gasteiger partial charge in [0.05, 0.1) is 32.8 Å². The molecule has 4 nitrogen and oxygen atoms in total. The van der Waals surface area contributed by atoms with Crippen molar-refractivity contribution >= 4 is 62.3 Å². The lowest BCUT2D eigenvalue weighted by Gasteiger charge is -2.14. The molecule has 0 aliphatic carbocycles. The summed E-state index contributed by atoms with van der Waals surface area (Å²) in [5, 5.41) is 0. The van der Waals surface area contributed by atoms with E-state index in [9.17, 15) is 0 Å². The highest BCUT2D eigenvalue weighted by molar-refractivity contribution is 9.10. The Hall–Kier alpha value is -5.26. The molecule has 2 aliphatic rings. The minimum Gasteiger partial charge on any atom is -0.354 e. The van der Waals surface area contributed by atoms with Gasteiger partial charge in [0.25, 0.3) is 0 Å². The highest BCUT2D eigenvalue weighted by Gasteiger charge is 2.22. The van der Waals surface area contributed by atoms with Crippen molar-refractivity contribution in [2.75, 3.05) is 0 Å². The molecule has 0 atom stereocenters. The minimum atomic E-state index is 0.873. The normalized spacial score (nSPS) is 12.3.